The first-order chi connectivity index (χ1) is 8.38. The molecule has 0 heterocycles. The zero-order valence-electron chi connectivity index (χ0n) is 9.88. The van der Waals surface area contributed by atoms with Crippen molar-refractivity contribution in [2.45, 2.75) is 19.3 Å². The van der Waals surface area contributed by atoms with E-state index in [2.05, 4.69) is 16.1 Å². The van der Waals surface area contributed by atoms with E-state index in [1.807, 2.05) is 30.3 Å². The smallest absolute Gasteiger partial charge is 0.0811 e. The van der Waals surface area contributed by atoms with Crippen LogP contribution in [0.4, 0.5) is 5.69 Å². The van der Waals surface area contributed by atoms with Crippen molar-refractivity contribution in [3.63, 3.8) is 0 Å². The Labute approximate surface area is 102 Å². The number of hydrogen-bond donors (Lipinski definition) is 0. The van der Waals surface area contributed by atoms with E-state index in [0.717, 1.165) is 31.6 Å². The summed E-state index contributed by atoms with van der Waals surface area (Å²) in [7, 11) is 0. The Balaban J connectivity index is 2.49. The van der Waals surface area contributed by atoms with Crippen LogP contribution in [0.5, 0.6) is 0 Å². The van der Waals surface area contributed by atoms with Gasteiger partial charge in [0.25, 0.3) is 0 Å². The van der Waals surface area contributed by atoms with E-state index in [1.165, 1.54) is 0 Å². The van der Waals surface area contributed by atoms with Gasteiger partial charge < -0.3 is 4.90 Å². The number of nitrogens with zero attached hydrogens (tertiary/aromatic N) is 3. The second-order valence-electron chi connectivity index (χ2n) is 3.79. The average molecular weight is 231 g/mol. The highest BCUT2D eigenvalue weighted by Crippen LogP contribution is 2.14. The topological polar surface area (TPSA) is 56.5 Å². The van der Waals surface area contributed by atoms with Gasteiger partial charge in [0, 0.05) is 18.8 Å². The summed E-state index contributed by atoms with van der Waals surface area (Å²) in [6.45, 7) is 1.97. The van der Waals surface area contributed by atoms with E-state index in [-0.39, 0.29) is 0 Å². The van der Waals surface area contributed by atoms with Gasteiger partial charge in [0.05, 0.1) is 19.0 Å². The molecule has 0 bridgehead atoms. The Morgan fingerprint density at radius 2 is 1.94 bits per heavy atom. The van der Waals surface area contributed by atoms with Gasteiger partial charge in [-0.05, 0) is 25.0 Å². The number of hydrogen-bond acceptors (Lipinski definition) is 4. The maximum atomic E-state index is 9.98. The van der Waals surface area contributed by atoms with Crippen LogP contribution in [0, 0.1) is 16.2 Å². The van der Waals surface area contributed by atoms with Crippen LogP contribution >= 0.6 is 0 Å². The third-order valence-corrected chi connectivity index (χ3v) is 2.54. The normalized spacial score (nSPS) is 9.59. The molecule has 4 nitrogen and oxygen atoms in total. The fourth-order valence-electron chi connectivity index (χ4n) is 1.67. The molecule has 17 heavy (non-hydrogen) atoms. The van der Waals surface area contributed by atoms with E-state index >= 15 is 0 Å². The minimum Gasteiger partial charge on any atom is -0.371 e. The highest BCUT2D eigenvalue weighted by atomic mass is 16.3. The van der Waals surface area contributed by atoms with Crippen molar-refractivity contribution in [2.75, 3.05) is 24.5 Å². The van der Waals surface area contributed by atoms with Gasteiger partial charge in [-0.2, -0.15) is 10.2 Å². The van der Waals surface area contributed by atoms with Gasteiger partial charge >= 0.3 is 0 Å². The molecule has 1 aromatic rings. The molecule has 0 atom stereocenters. The quantitative estimate of drug-likeness (QED) is 0.510. The van der Waals surface area contributed by atoms with Crippen molar-refractivity contribution in [3.05, 3.63) is 35.2 Å². The van der Waals surface area contributed by atoms with Crippen molar-refractivity contribution in [1.29, 1.82) is 5.26 Å². The number of anilines is 1. The summed E-state index contributed by atoms with van der Waals surface area (Å²) < 4.78 is 0. The third kappa shape index (κ3) is 5.12. The molecule has 0 saturated carbocycles. The molecule has 0 saturated heterocycles. The zero-order valence-corrected chi connectivity index (χ0v) is 9.88. The molecular weight excluding hydrogens is 214 g/mol. The molecule has 0 N–H and O–H groups in total. The predicted molar refractivity (Wildman–Crippen MR) is 68.8 cm³/mol. The Kier molecular flexibility index (Phi) is 6.42. The first-order valence-corrected chi connectivity index (χ1v) is 5.84. The van der Waals surface area contributed by atoms with Crippen molar-refractivity contribution >= 4 is 5.69 Å². The Bertz CT molecular complexity index is 359. The molecule has 0 aliphatic rings. The molecule has 0 spiro atoms. The molecule has 0 aliphatic heterocycles. The predicted octanol–water partition coefficient (Wildman–Crippen LogP) is 2.95. The molecule has 0 radical (unpaired) electrons. The van der Waals surface area contributed by atoms with Crippen LogP contribution in [0.3, 0.4) is 0 Å². The number of unbranched alkanes of at least 4 members (excludes halogenated alkanes) is 1. The van der Waals surface area contributed by atoms with Crippen molar-refractivity contribution in [2.24, 2.45) is 5.18 Å². The van der Waals surface area contributed by atoms with E-state index in [1.54, 1.807) is 0 Å². The largest absolute Gasteiger partial charge is 0.371 e. The summed E-state index contributed by atoms with van der Waals surface area (Å²) in [5.41, 5.74) is 1.13. The summed E-state index contributed by atoms with van der Waals surface area (Å²) in [6.07, 6.45) is 2.24. The van der Waals surface area contributed by atoms with Crippen LogP contribution in [-0.4, -0.2) is 19.6 Å². The second kappa shape index (κ2) is 8.28. The van der Waals surface area contributed by atoms with Gasteiger partial charge in [0.2, 0.25) is 0 Å². The van der Waals surface area contributed by atoms with Gasteiger partial charge in [-0.1, -0.05) is 23.4 Å². The third-order valence-electron chi connectivity index (χ3n) is 2.54. The molecule has 0 unspecified atom stereocenters. The Hall–Kier alpha value is -1.89. The first kappa shape index (κ1) is 13.2. The highest BCUT2D eigenvalue weighted by Gasteiger charge is 2.04. The lowest BCUT2D eigenvalue weighted by molar-refractivity contribution is 0.693. The van der Waals surface area contributed by atoms with Crippen LogP contribution in [0.15, 0.2) is 35.5 Å². The highest BCUT2D eigenvalue weighted by molar-refractivity contribution is 5.45. The average Bonchev–Trinajstić information content (AvgIpc) is 2.39. The molecule has 90 valence electrons. The lowest BCUT2D eigenvalue weighted by Gasteiger charge is -2.23. The monoisotopic (exact) mass is 231 g/mol. The van der Waals surface area contributed by atoms with Crippen LogP contribution < -0.4 is 4.90 Å². The molecule has 0 amide bonds. The first-order valence-electron chi connectivity index (χ1n) is 5.84. The van der Waals surface area contributed by atoms with Gasteiger partial charge in [0.15, 0.2) is 0 Å². The number of nitroso groups, excluding NO2 is 1. The van der Waals surface area contributed by atoms with E-state index < -0.39 is 0 Å². The zero-order chi connectivity index (χ0) is 12.3. The lowest BCUT2D eigenvalue weighted by Crippen LogP contribution is -2.25. The Morgan fingerprint density at radius 1 is 1.18 bits per heavy atom. The minimum atomic E-state index is 0.376. The SMILES string of the molecule is N#CCCN(CCCCN=O)c1ccccc1. The second-order valence-corrected chi connectivity index (χ2v) is 3.79. The molecule has 0 fully saturated rings. The standard InChI is InChI=1S/C13H17N3O/c14-9-6-12-16(11-5-4-10-15-17)13-7-2-1-3-8-13/h1-3,7-8H,4-6,10-12H2. The van der Waals surface area contributed by atoms with Crippen molar-refractivity contribution in [3.8, 4) is 6.07 Å². The summed E-state index contributed by atoms with van der Waals surface area (Å²) in [6, 6.07) is 12.2. The van der Waals surface area contributed by atoms with Crippen LogP contribution in [0.25, 0.3) is 0 Å². The van der Waals surface area contributed by atoms with E-state index in [9.17, 15) is 4.91 Å². The number of nitriles is 1. The van der Waals surface area contributed by atoms with Crippen molar-refractivity contribution in [1.82, 2.24) is 0 Å². The van der Waals surface area contributed by atoms with Gasteiger partial charge in [0.1, 0.15) is 0 Å². The molecule has 1 aromatic carbocycles. The number of para-hydroxylation sites is 1. The maximum absolute atomic E-state index is 9.98. The summed E-state index contributed by atoms with van der Waals surface area (Å²) in [4.78, 5) is 12.2. The van der Waals surface area contributed by atoms with Crippen LogP contribution in [0.2, 0.25) is 0 Å². The summed E-state index contributed by atoms with van der Waals surface area (Å²) >= 11 is 0. The fourth-order valence-corrected chi connectivity index (χ4v) is 1.67. The molecule has 0 aromatic heterocycles. The van der Waals surface area contributed by atoms with Gasteiger partial charge in [-0.25, -0.2) is 0 Å². The van der Waals surface area contributed by atoms with Gasteiger partial charge in [-0.3, -0.25) is 0 Å². The van der Waals surface area contributed by atoms with Crippen molar-refractivity contribution < 1.29 is 0 Å². The molecule has 4 heteroatoms. The van der Waals surface area contributed by atoms with Crippen LogP contribution in [0.1, 0.15) is 19.3 Å². The summed E-state index contributed by atoms with van der Waals surface area (Å²) in [5, 5.41) is 11.5. The molecular formula is C13H17N3O. The maximum Gasteiger partial charge on any atom is 0.0811 e. The Morgan fingerprint density at radius 3 is 2.59 bits per heavy atom. The van der Waals surface area contributed by atoms with Gasteiger partial charge in [-0.15, -0.1) is 0 Å². The number of benzene rings is 1. The van der Waals surface area contributed by atoms with E-state index in [4.69, 9.17) is 5.26 Å². The number of rotatable bonds is 8. The van der Waals surface area contributed by atoms with E-state index in [0.29, 0.717) is 13.0 Å². The molecule has 1 rings (SSSR count). The molecule has 0 aliphatic carbocycles. The minimum absolute atomic E-state index is 0.376. The fraction of sp³-hybridized carbons (Fsp3) is 0.462. The summed E-state index contributed by atoms with van der Waals surface area (Å²) in [5.74, 6) is 0. The lowest BCUT2D eigenvalue weighted by atomic mass is 10.2. The van der Waals surface area contributed by atoms with Crippen LogP contribution in [-0.2, 0) is 0 Å².